The highest BCUT2D eigenvalue weighted by atomic mass is 14.2. The fourth-order valence-corrected chi connectivity index (χ4v) is 2.32. The molecule has 0 heteroatoms. The van der Waals surface area contributed by atoms with Gasteiger partial charge < -0.3 is 0 Å². The number of hydrogen-bond donors (Lipinski definition) is 0. The Morgan fingerprint density at radius 1 is 0.786 bits per heavy atom. The van der Waals surface area contributed by atoms with Crippen LogP contribution in [-0.4, -0.2) is 0 Å². The lowest BCUT2D eigenvalue weighted by atomic mass is 9.85. The zero-order valence-corrected chi connectivity index (χ0v) is 11.0. The summed E-state index contributed by atoms with van der Waals surface area (Å²) in [5, 5.41) is 0. The van der Waals surface area contributed by atoms with Crippen LogP contribution in [0, 0.1) is 17.8 Å². The van der Waals surface area contributed by atoms with Gasteiger partial charge in [0.15, 0.2) is 0 Å². The molecule has 0 aliphatic carbocycles. The molecule has 0 heterocycles. The maximum atomic E-state index is 2.44. The molecule has 0 fully saturated rings. The van der Waals surface area contributed by atoms with Crippen molar-refractivity contribution >= 4 is 0 Å². The second-order valence-electron chi connectivity index (χ2n) is 5.00. The van der Waals surface area contributed by atoms with E-state index in [1.165, 1.54) is 38.5 Å². The molecule has 0 saturated carbocycles. The normalized spacial score (nSPS) is 15.9. The second kappa shape index (κ2) is 8.32. The first-order valence-corrected chi connectivity index (χ1v) is 6.65. The predicted octanol–water partition coefficient (Wildman–Crippen LogP) is 5.28. The Morgan fingerprint density at radius 2 is 1.36 bits per heavy atom. The summed E-state index contributed by atoms with van der Waals surface area (Å²) in [6.07, 6.45) is 8.38. The predicted molar refractivity (Wildman–Crippen MR) is 66.5 cm³/mol. The SMILES string of the molecule is CCC(C)CCCC(C)C(CC)CC. The van der Waals surface area contributed by atoms with Gasteiger partial charge in [0.05, 0.1) is 0 Å². The zero-order valence-electron chi connectivity index (χ0n) is 11.0. The lowest BCUT2D eigenvalue weighted by molar-refractivity contribution is 0.302. The van der Waals surface area contributed by atoms with Gasteiger partial charge in [-0.2, -0.15) is 0 Å². The van der Waals surface area contributed by atoms with E-state index in [-0.39, 0.29) is 0 Å². The van der Waals surface area contributed by atoms with E-state index in [1.807, 2.05) is 0 Å². The molecule has 0 aliphatic heterocycles. The maximum absolute atomic E-state index is 2.44. The molecule has 0 rings (SSSR count). The standard InChI is InChI=1S/C14H30/c1-6-12(4)10-9-11-13(5)14(7-2)8-3/h12-14H,6-11H2,1-5H3. The molecule has 2 atom stereocenters. The Morgan fingerprint density at radius 3 is 1.79 bits per heavy atom. The molecule has 0 amide bonds. The van der Waals surface area contributed by atoms with Crippen molar-refractivity contribution in [3.8, 4) is 0 Å². The molecule has 0 aromatic carbocycles. The van der Waals surface area contributed by atoms with Crippen molar-refractivity contribution in [2.45, 2.75) is 73.1 Å². The van der Waals surface area contributed by atoms with E-state index in [0.29, 0.717) is 0 Å². The van der Waals surface area contributed by atoms with Gasteiger partial charge in [0.1, 0.15) is 0 Å². The summed E-state index contributed by atoms with van der Waals surface area (Å²) in [6.45, 7) is 11.8. The fraction of sp³-hybridized carbons (Fsp3) is 1.00. The Labute approximate surface area is 91.5 Å². The van der Waals surface area contributed by atoms with E-state index < -0.39 is 0 Å². The van der Waals surface area contributed by atoms with E-state index in [4.69, 9.17) is 0 Å². The number of hydrogen-bond acceptors (Lipinski definition) is 0. The van der Waals surface area contributed by atoms with E-state index in [0.717, 1.165) is 17.8 Å². The van der Waals surface area contributed by atoms with Gasteiger partial charge in [0.25, 0.3) is 0 Å². The summed E-state index contributed by atoms with van der Waals surface area (Å²) in [5.74, 6) is 2.84. The Hall–Kier alpha value is 0. The molecule has 0 nitrogen and oxygen atoms in total. The quantitative estimate of drug-likeness (QED) is 0.498. The first-order valence-electron chi connectivity index (χ1n) is 6.65. The highest BCUT2D eigenvalue weighted by Gasteiger charge is 2.13. The third-order valence-electron chi connectivity index (χ3n) is 3.91. The average Bonchev–Trinajstić information content (AvgIpc) is 2.19. The van der Waals surface area contributed by atoms with E-state index >= 15 is 0 Å². The highest BCUT2D eigenvalue weighted by Crippen LogP contribution is 2.25. The van der Waals surface area contributed by atoms with Gasteiger partial charge in [-0.15, -0.1) is 0 Å². The van der Waals surface area contributed by atoms with E-state index in [9.17, 15) is 0 Å². The van der Waals surface area contributed by atoms with Gasteiger partial charge in [0, 0.05) is 0 Å². The fourth-order valence-electron chi connectivity index (χ4n) is 2.32. The van der Waals surface area contributed by atoms with Crippen LogP contribution in [0.2, 0.25) is 0 Å². The van der Waals surface area contributed by atoms with Crippen molar-refractivity contribution in [1.29, 1.82) is 0 Å². The number of rotatable bonds is 8. The molecule has 0 saturated heterocycles. The molecule has 0 bridgehead atoms. The maximum Gasteiger partial charge on any atom is -0.0394 e. The third-order valence-corrected chi connectivity index (χ3v) is 3.91. The minimum absolute atomic E-state index is 0.934. The van der Waals surface area contributed by atoms with Crippen LogP contribution in [0.4, 0.5) is 0 Å². The van der Waals surface area contributed by atoms with Crippen LogP contribution < -0.4 is 0 Å². The summed E-state index contributed by atoms with van der Waals surface area (Å²) >= 11 is 0. The van der Waals surface area contributed by atoms with Gasteiger partial charge in [-0.1, -0.05) is 73.1 Å². The van der Waals surface area contributed by atoms with Crippen LogP contribution in [0.25, 0.3) is 0 Å². The van der Waals surface area contributed by atoms with E-state index in [1.54, 1.807) is 0 Å². The molecule has 0 N–H and O–H groups in total. The molecule has 2 unspecified atom stereocenters. The van der Waals surface area contributed by atoms with E-state index in [2.05, 4.69) is 34.6 Å². The Bertz CT molecular complexity index is 113. The average molecular weight is 198 g/mol. The summed E-state index contributed by atoms with van der Waals surface area (Å²) in [6, 6.07) is 0. The van der Waals surface area contributed by atoms with Crippen LogP contribution in [-0.2, 0) is 0 Å². The topological polar surface area (TPSA) is 0 Å². The van der Waals surface area contributed by atoms with Crippen molar-refractivity contribution in [3.05, 3.63) is 0 Å². The smallest absolute Gasteiger partial charge is 0.0394 e. The van der Waals surface area contributed by atoms with Crippen molar-refractivity contribution in [1.82, 2.24) is 0 Å². The molecule has 14 heavy (non-hydrogen) atoms. The summed E-state index contributed by atoms with van der Waals surface area (Å²) in [7, 11) is 0. The summed E-state index contributed by atoms with van der Waals surface area (Å²) in [4.78, 5) is 0. The highest BCUT2D eigenvalue weighted by molar-refractivity contribution is 4.64. The molecule has 0 aromatic heterocycles. The van der Waals surface area contributed by atoms with Crippen LogP contribution in [0.15, 0.2) is 0 Å². The van der Waals surface area contributed by atoms with Gasteiger partial charge >= 0.3 is 0 Å². The minimum Gasteiger partial charge on any atom is -0.0651 e. The Balaban J connectivity index is 3.56. The van der Waals surface area contributed by atoms with Gasteiger partial charge in [-0.05, 0) is 17.8 Å². The summed E-state index contributed by atoms with van der Waals surface area (Å²) < 4.78 is 0. The molecular weight excluding hydrogens is 168 g/mol. The van der Waals surface area contributed by atoms with Crippen LogP contribution in [0.3, 0.4) is 0 Å². The zero-order chi connectivity index (χ0) is 11.0. The largest absolute Gasteiger partial charge is 0.0651 e. The van der Waals surface area contributed by atoms with Gasteiger partial charge in [0.2, 0.25) is 0 Å². The molecule has 0 spiro atoms. The van der Waals surface area contributed by atoms with Gasteiger partial charge in [-0.25, -0.2) is 0 Å². The Kier molecular flexibility index (Phi) is 8.32. The van der Waals surface area contributed by atoms with Crippen molar-refractivity contribution in [2.75, 3.05) is 0 Å². The third kappa shape index (κ3) is 5.67. The lowest BCUT2D eigenvalue weighted by Gasteiger charge is -2.21. The molecule has 86 valence electrons. The van der Waals surface area contributed by atoms with Crippen LogP contribution >= 0.6 is 0 Å². The van der Waals surface area contributed by atoms with Gasteiger partial charge in [-0.3, -0.25) is 0 Å². The van der Waals surface area contributed by atoms with Crippen molar-refractivity contribution in [3.63, 3.8) is 0 Å². The monoisotopic (exact) mass is 198 g/mol. The van der Waals surface area contributed by atoms with Crippen LogP contribution in [0.5, 0.6) is 0 Å². The molecule has 0 radical (unpaired) electrons. The molecule has 0 aromatic rings. The first-order chi connectivity index (χ1) is 6.65. The molecular formula is C14H30. The van der Waals surface area contributed by atoms with Crippen molar-refractivity contribution in [2.24, 2.45) is 17.8 Å². The van der Waals surface area contributed by atoms with Crippen molar-refractivity contribution < 1.29 is 0 Å². The summed E-state index contributed by atoms with van der Waals surface area (Å²) in [5.41, 5.74) is 0. The lowest BCUT2D eigenvalue weighted by Crippen LogP contribution is -2.10. The van der Waals surface area contributed by atoms with Crippen LogP contribution in [0.1, 0.15) is 73.1 Å². The molecule has 0 aliphatic rings. The second-order valence-corrected chi connectivity index (χ2v) is 5.00. The first kappa shape index (κ1) is 14.0. The minimum atomic E-state index is 0.934.